The van der Waals surface area contributed by atoms with Gasteiger partial charge in [-0.2, -0.15) is 0 Å². The summed E-state index contributed by atoms with van der Waals surface area (Å²) in [5.74, 6) is -0.410. The molecule has 0 aliphatic heterocycles. The Bertz CT molecular complexity index is 615. The first-order chi connectivity index (χ1) is 15.8. The number of nitrogens with two attached hydrogens (primary N) is 1. The van der Waals surface area contributed by atoms with Gasteiger partial charge in [-0.25, -0.2) is 0 Å². The summed E-state index contributed by atoms with van der Waals surface area (Å²) < 4.78 is 0. The van der Waals surface area contributed by atoms with Crippen molar-refractivity contribution in [1.29, 1.82) is 0 Å². The van der Waals surface area contributed by atoms with Gasteiger partial charge in [0.25, 0.3) is 0 Å². The van der Waals surface area contributed by atoms with Gasteiger partial charge < -0.3 is 20.8 Å². The zero-order valence-electron chi connectivity index (χ0n) is 23.3. The number of nitrogens with zero attached hydrogens (tertiary/aromatic N) is 1. The number of primary amides is 1. The minimum Gasteiger partial charge on any atom is -0.388 e. The Morgan fingerprint density at radius 1 is 0.794 bits per heavy atom. The molecule has 0 aromatic heterocycles. The summed E-state index contributed by atoms with van der Waals surface area (Å²) in [7, 11) is 0. The minimum absolute atomic E-state index is 0.219. The number of amides is 2. The van der Waals surface area contributed by atoms with Crippen LogP contribution in [-0.4, -0.2) is 50.2 Å². The lowest BCUT2D eigenvalue weighted by Crippen LogP contribution is -2.67. The number of hydrogen-bond donors (Lipinski definition) is 3. The van der Waals surface area contributed by atoms with Gasteiger partial charge in [0.05, 0.1) is 23.3 Å². The van der Waals surface area contributed by atoms with Crippen molar-refractivity contribution >= 4 is 11.8 Å². The fraction of sp³-hybridized carbons (Fsp3) is 0.929. The molecule has 6 heteroatoms. The van der Waals surface area contributed by atoms with Gasteiger partial charge in [0.15, 0.2) is 0 Å². The quantitative estimate of drug-likeness (QED) is 0.297. The van der Waals surface area contributed by atoms with E-state index in [-0.39, 0.29) is 17.7 Å². The van der Waals surface area contributed by atoms with Crippen molar-refractivity contribution in [2.75, 3.05) is 0 Å². The highest BCUT2D eigenvalue weighted by Crippen LogP contribution is 2.44. The van der Waals surface area contributed by atoms with E-state index in [9.17, 15) is 19.8 Å². The predicted molar refractivity (Wildman–Crippen MR) is 139 cm³/mol. The van der Waals surface area contributed by atoms with Crippen molar-refractivity contribution < 1.29 is 19.8 Å². The fourth-order valence-corrected chi connectivity index (χ4v) is 5.99. The number of carbonyl (C=O) groups excluding carboxylic acids is 2. The van der Waals surface area contributed by atoms with E-state index in [1.807, 2.05) is 27.7 Å². The molecule has 1 rings (SSSR count). The summed E-state index contributed by atoms with van der Waals surface area (Å²) in [5, 5.41) is 23.8. The molecular formula is C28H54N2O4. The average Bonchev–Trinajstić information content (AvgIpc) is 2.81. The standard InChI is InChI=1S/C28H54N2O4/c1-9-27(33,10-2)22(18-20(5)6)30(23(19-21(7)8)28(34,11-3)12-4)25(32)26(24(29)31)16-14-13-15-17-26/h20-23,33-34H,9-19H2,1-8H3,(H2,29,31)/t22-,23-/m1/s1. The normalized spacial score (nSPS) is 18.7. The van der Waals surface area contributed by atoms with E-state index in [4.69, 9.17) is 5.73 Å². The third-order valence-corrected chi connectivity index (χ3v) is 8.57. The Kier molecular flexibility index (Phi) is 11.5. The number of hydrogen-bond acceptors (Lipinski definition) is 4. The third-order valence-electron chi connectivity index (χ3n) is 8.57. The van der Waals surface area contributed by atoms with E-state index in [1.165, 1.54) is 0 Å². The van der Waals surface area contributed by atoms with Crippen LogP contribution in [-0.2, 0) is 9.59 Å². The zero-order valence-corrected chi connectivity index (χ0v) is 23.3. The van der Waals surface area contributed by atoms with Crippen molar-refractivity contribution in [3.63, 3.8) is 0 Å². The Hall–Kier alpha value is -1.14. The summed E-state index contributed by atoms with van der Waals surface area (Å²) in [6.45, 7) is 16.2. The maximum Gasteiger partial charge on any atom is 0.238 e. The molecule has 1 aliphatic rings. The van der Waals surface area contributed by atoms with Gasteiger partial charge in [-0.3, -0.25) is 9.59 Å². The van der Waals surface area contributed by atoms with Crippen molar-refractivity contribution in [2.45, 2.75) is 149 Å². The van der Waals surface area contributed by atoms with E-state index in [0.717, 1.165) is 19.3 Å². The maximum atomic E-state index is 14.7. The molecule has 0 aromatic carbocycles. The average molecular weight is 483 g/mol. The SMILES string of the molecule is CCC(O)(CC)[C@@H](CC(C)C)N(C(=O)C1(C(N)=O)CCCCC1)[C@H](CC(C)C)C(O)(CC)CC. The minimum atomic E-state index is -1.27. The molecule has 200 valence electrons. The highest BCUT2D eigenvalue weighted by Gasteiger charge is 2.55. The second-order valence-electron chi connectivity index (χ2n) is 11.6. The molecule has 1 saturated carbocycles. The van der Waals surface area contributed by atoms with E-state index in [1.54, 1.807) is 4.90 Å². The van der Waals surface area contributed by atoms with Gasteiger partial charge in [-0.05, 0) is 63.2 Å². The topological polar surface area (TPSA) is 104 Å². The van der Waals surface area contributed by atoms with Crippen molar-refractivity contribution in [1.82, 2.24) is 4.90 Å². The predicted octanol–water partition coefficient (Wildman–Crippen LogP) is 5.18. The van der Waals surface area contributed by atoms with Crippen LogP contribution in [0.25, 0.3) is 0 Å². The molecule has 0 saturated heterocycles. The van der Waals surface area contributed by atoms with E-state index in [0.29, 0.717) is 51.4 Å². The largest absolute Gasteiger partial charge is 0.388 e. The number of rotatable bonds is 14. The van der Waals surface area contributed by atoms with Gasteiger partial charge >= 0.3 is 0 Å². The number of carbonyl (C=O) groups is 2. The van der Waals surface area contributed by atoms with Gasteiger partial charge in [-0.15, -0.1) is 0 Å². The zero-order chi connectivity index (χ0) is 26.3. The van der Waals surface area contributed by atoms with E-state index in [2.05, 4.69) is 27.7 Å². The highest BCUT2D eigenvalue weighted by molar-refractivity contribution is 6.04. The molecule has 0 radical (unpaired) electrons. The van der Waals surface area contributed by atoms with Crippen LogP contribution >= 0.6 is 0 Å². The van der Waals surface area contributed by atoms with Crippen LogP contribution in [0.4, 0.5) is 0 Å². The summed E-state index contributed by atoms with van der Waals surface area (Å²) in [6, 6.07) is -1.02. The summed E-state index contributed by atoms with van der Waals surface area (Å²) in [5.41, 5.74) is 2.47. The first kappa shape index (κ1) is 30.9. The van der Waals surface area contributed by atoms with Crippen LogP contribution in [0.5, 0.6) is 0 Å². The molecule has 34 heavy (non-hydrogen) atoms. The number of aliphatic hydroxyl groups is 2. The van der Waals surface area contributed by atoms with Gasteiger partial charge in [-0.1, -0.05) is 74.7 Å². The van der Waals surface area contributed by atoms with Crippen LogP contribution < -0.4 is 5.73 Å². The Morgan fingerprint density at radius 2 is 1.15 bits per heavy atom. The van der Waals surface area contributed by atoms with Crippen LogP contribution in [0.1, 0.15) is 126 Å². The van der Waals surface area contributed by atoms with Gasteiger partial charge in [0.2, 0.25) is 11.8 Å². The highest BCUT2D eigenvalue weighted by atomic mass is 16.3. The van der Waals surface area contributed by atoms with E-state index < -0.39 is 34.6 Å². The molecule has 6 nitrogen and oxygen atoms in total. The molecule has 1 fully saturated rings. The van der Waals surface area contributed by atoms with Crippen LogP contribution in [0, 0.1) is 17.3 Å². The Labute approximate surface area is 209 Å². The van der Waals surface area contributed by atoms with Crippen LogP contribution in [0.2, 0.25) is 0 Å². The molecule has 0 bridgehead atoms. The molecule has 0 unspecified atom stereocenters. The Morgan fingerprint density at radius 3 is 1.41 bits per heavy atom. The molecule has 2 amide bonds. The molecule has 1 aliphatic carbocycles. The van der Waals surface area contributed by atoms with Crippen molar-refractivity contribution in [2.24, 2.45) is 23.0 Å². The van der Waals surface area contributed by atoms with E-state index >= 15 is 0 Å². The molecule has 0 heterocycles. The molecule has 4 N–H and O–H groups in total. The smallest absolute Gasteiger partial charge is 0.238 e. The van der Waals surface area contributed by atoms with Crippen LogP contribution in [0.3, 0.4) is 0 Å². The lowest BCUT2D eigenvalue weighted by atomic mass is 9.69. The summed E-state index contributed by atoms with van der Waals surface area (Å²) in [6.07, 6.45) is 6.55. The van der Waals surface area contributed by atoms with Gasteiger partial charge in [0.1, 0.15) is 5.41 Å². The first-order valence-electron chi connectivity index (χ1n) is 13.9. The third kappa shape index (κ3) is 6.54. The summed E-state index contributed by atoms with van der Waals surface area (Å²) >= 11 is 0. The fourth-order valence-electron chi connectivity index (χ4n) is 5.99. The molecule has 0 aromatic rings. The lowest BCUT2D eigenvalue weighted by Gasteiger charge is -2.53. The van der Waals surface area contributed by atoms with Gasteiger partial charge in [0, 0.05) is 0 Å². The monoisotopic (exact) mass is 482 g/mol. The molecule has 0 spiro atoms. The lowest BCUT2D eigenvalue weighted by molar-refractivity contribution is -0.176. The first-order valence-corrected chi connectivity index (χ1v) is 13.9. The summed E-state index contributed by atoms with van der Waals surface area (Å²) in [4.78, 5) is 29.4. The molecule has 2 atom stereocenters. The molecular weight excluding hydrogens is 428 g/mol. The van der Waals surface area contributed by atoms with Crippen molar-refractivity contribution in [3.05, 3.63) is 0 Å². The second-order valence-corrected chi connectivity index (χ2v) is 11.6. The Balaban J connectivity index is 3.92. The second kappa shape index (κ2) is 12.7. The van der Waals surface area contributed by atoms with Crippen LogP contribution in [0.15, 0.2) is 0 Å². The van der Waals surface area contributed by atoms with Crippen molar-refractivity contribution in [3.8, 4) is 0 Å². The maximum absolute atomic E-state index is 14.7.